The van der Waals surface area contributed by atoms with Crippen molar-refractivity contribution in [3.05, 3.63) is 75.7 Å². The van der Waals surface area contributed by atoms with Crippen LogP contribution in [0.15, 0.2) is 53.5 Å². The maximum Gasteiger partial charge on any atom is 0.344 e. The summed E-state index contributed by atoms with van der Waals surface area (Å²) >= 11 is 0. The third-order valence-corrected chi connectivity index (χ3v) is 4.05. The minimum Gasteiger partial charge on any atom is -0.454 e. The Balaban J connectivity index is 1.89. The number of fused-ring (bicyclic) bond motifs is 1. The van der Waals surface area contributed by atoms with Crippen LogP contribution in [0, 0.1) is 6.92 Å². The number of aryl methyl sites for hydroxylation is 2. The Morgan fingerprint density at radius 3 is 2.54 bits per heavy atom. The van der Waals surface area contributed by atoms with Gasteiger partial charge in [-0.15, -0.1) is 0 Å². The Hall–Kier alpha value is -3.28. The van der Waals surface area contributed by atoms with E-state index >= 15 is 0 Å². The van der Waals surface area contributed by atoms with Crippen molar-refractivity contribution in [2.45, 2.75) is 20.4 Å². The van der Waals surface area contributed by atoms with E-state index in [1.165, 1.54) is 6.20 Å². The van der Waals surface area contributed by atoms with Gasteiger partial charge < -0.3 is 9.30 Å². The number of aromatic nitrogens is 2. The summed E-state index contributed by atoms with van der Waals surface area (Å²) in [6, 6.07) is 11.9. The summed E-state index contributed by atoms with van der Waals surface area (Å²) in [4.78, 5) is 41.4. The van der Waals surface area contributed by atoms with E-state index in [-0.39, 0.29) is 11.3 Å². The van der Waals surface area contributed by atoms with Gasteiger partial charge in [-0.1, -0.05) is 30.3 Å². The summed E-state index contributed by atoms with van der Waals surface area (Å²) < 4.78 is 6.80. The van der Waals surface area contributed by atoms with Crippen molar-refractivity contribution in [3.8, 4) is 0 Å². The monoisotopic (exact) mass is 350 g/mol. The SMILES string of the molecule is CCn1cc(C(=O)OCC(=O)c2ccccc2)c(=O)c2ccc(C)nc21. The molecule has 0 aliphatic rings. The molecule has 0 aliphatic heterocycles. The zero-order chi connectivity index (χ0) is 18.7. The molecule has 2 aromatic heterocycles. The van der Waals surface area contributed by atoms with Gasteiger partial charge in [-0.05, 0) is 26.0 Å². The summed E-state index contributed by atoms with van der Waals surface area (Å²) in [5, 5.41) is 0.348. The predicted molar refractivity (Wildman–Crippen MR) is 97.5 cm³/mol. The van der Waals surface area contributed by atoms with E-state index in [0.29, 0.717) is 23.1 Å². The van der Waals surface area contributed by atoms with Gasteiger partial charge in [-0.25, -0.2) is 9.78 Å². The highest BCUT2D eigenvalue weighted by molar-refractivity contribution is 5.99. The second-order valence-corrected chi connectivity index (χ2v) is 5.85. The molecule has 0 aliphatic carbocycles. The summed E-state index contributed by atoms with van der Waals surface area (Å²) in [6.07, 6.45) is 1.44. The number of esters is 1. The third-order valence-electron chi connectivity index (χ3n) is 4.05. The van der Waals surface area contributed by atoms with E-state index in [4.69, 9.17) is 4.74 Å². The molecule has 0 radical (unpaired) electrons. The molecule has 132 valence electrons. The minimum absolute atomic E-state index is 0.106. The standard InChI is InChI=1S/C20H18N2O4/c1-3-22-11-16(18(24)15-10-9-13(2)21-19(15)22)20(25)26-12-17(23)14-7-5-4-6-8-14/h4-11H,3,12H2,1-2H3. The summed E-state index contributed by atoms with van der Waals surface area (Å²) in [6.45, 7) is 3.85. The van der Waals surface area contributed by atoms with Gasteiger partial charge in [0, 0.05) is 24.0 Å². The Bertz CT molecular complexity index is 1040. The average Bonchev–Trinajstić information content (AvgIpc) is 2.66. The zero-order valence-corrected chi connectivity index (χ0v) is 14.6. The molecule has 6 nitrogen and oxygen atoms in total. The Kier molecular flexibility index (Phi) is 4.93. The number of hydrogen-bond acceptors (Lipinski definition) is 5. The third kappa shape index (κ3) is 3.39. The van der Waals surface area contributed by atoms with Gasteiger partial charge >= 0.3 is 5.97 Å². The van der Waals surface area contributed by atoms with Crippen molar-refractivity contribution in [3.63, 3.8) is 0 Å². The maximum absolute atomic E-state index is 12.6. The molecular formula is C20H18N2O4. The van der Waals surface area contributed by atoms with E-state index in [1.807, 2.05) is 13.8 Å². The molecule has 6 heteroatoms. The highest BCUT2D eigenvalue weighted by Crippen LogP contribution is 2.12. The highest BCUT2D eigenvalue weighted by atomic mass is 16.5. The normalized spacial score (nSPS) is 10.7. The van der Waals surface area contributed by atoms with Gasteiger partial charge in [-0.2, -0.15) is 0 Å². The Morgan fingerprint density at radius 1 is 1.12 bits per heavy atom. The van der Waals surface area contributed by atoms with Gasteiger partial charge in [0.1, 0.15) is 11.2 Å². The molecule has 0 spiro atoms. The van der Waals surface area contributed by atoms with Crippen LogP contribution < -0.4 is 5.43 Å². The van der Waals surface area contributed by atoms with Crippen LogP contribution in [-0.4, -0.2) is 27.9 Å². The molecule has 0 atom stereocenters. The Labute approximate surface area is 150 Å². The number of carbonyl (C=O) groups is 2. The van der Waals surface area contributed by atoms with Gasteiger partial charge in [0.25, 0.3) is 0 Å². The molecule has 0 saturated carbocycles. The average molecular weight is 350 g/mol. The molecule has 2 heterocycles. The molecule has 0 fully saturated rings. The first kappa shape index (κ1) is 17.5. The van der Waals surface area contributed by atoms with Crippen LogP contribution >= 0.6 is 0 Å². The van der Waals surface area contributed by atoms with Crippen LogP contribution in [0.1, 0.15) is 33.3 Å². The molecule has 0 unspecified atom stereocenters. The molecule has 0 N–H and O–H groups in total. The zero-order valence-electron chi connectivity index (χ0n) is 14.6. The number of hydrogen-bond donors (Lipinski definition) is 0. The lowest BCUT2D eigenvalue weighted by Crippen LogP contribution is -2.23. The highest BCUT2D eigenvalue weighted by Gasteiger charge is 2.18. The first-order chi connectivity index (χ1) is 12.5. The second kappa shape index (κ2) is 7.31. The smallest absolute Gasteiger partial charge is 0.344 e. The lowest BCUT2D eigenvalue weighted by Gasteiger charge is -2.11. The quantitative estimate of drug-likeness (QED) is 0.522. The van der Waals surface area contributed by atoms with Gasteiger partial charge in [-0.3, -0.25) is 9.59 Å². The molecule has 26 heavy (non-hydrogen) atoms. The lowest BCUT2D eigenvalue weighted by molar-refractivity contribution is 0.0473. The largest absolute Gasteiger partial charge is 0.454 e. The number of ether oxygens (including phenoxy) is 1. The van der Waals surface area contributed by atoms with Gasteiger partial charge in [0.2, 0.25) is 5.43 Å². The fourth-order valence-electron chi connectivity index (χ4n) is 2.66. The van der Waals surface area contributed by atoms with Crippen LogP contribution in [0.4, 0.5) is 0 Å². The molecule has 3 rings (SSSR count). The Morgan fingerprint density at radius 2 is 1.85 bits per heavy atom. The number of Topliss-reactive ketones (excluding diaryl/α,β-unsaturated/α-hetero) is 1. The number of pyridine rings is 2. The van der Waals surface area contributed by atoms with Crippen molar-refractivity contribution in [1.29, 1.82) is 0 Å². The number of rotatable bonds is 5. The van der Waals surface area contributed by atoms with Crippen LogP contribution in [0.3, 0.4) is 0 Å². The van der Waals surface area contributed by atoms with Crippen LogP contribution in [-0.2, 0) is 11.3 Å². The van der Waals surface area contributed by atoms with Crippen molar-refractivity contribution < 1.29 is 14.3 Å². The van der Waals surface area contributed by atoms with E-state index in [9.17, 15) is 14.4 Å². The number of nitrogens with zero attached hydrogens (tertiary/aromatic N) is 2. The molecule has 0 saturated heterocycles. The van der Waals surface area contributed by atoms with Crippen LogP contribution in [0.2, 0.25) is 0 Å². The first-order valence-corrected chi connectivity index (χ1v) is 8.27. The number of benzene rings is 1. The topological polar surface area (TPSA) is 78.3 Å². The molecule has 0 amide bonds. The fourth-order valence-corrected chi connectivity index (χ4v) is 2.66. The van der Waals surface area contributed by atoms with Crippen molar-refractivity contribution in [1.82, 2.24) is 9.55 Å². The van der Waals surface area contributed by atoms with E-state index < -0.39 is 18.0 Å². The van der Waals surface area contributed by atoms with Gasteiger partial charge in [0.05, 0.1) is 5.39 Å². The molecule has 1 aromatic carbocycles. The van der Waals surface area contributed by atoms with Crippen LogP contribution in [0.5, 0.6) is 0 Å². The van der Waals surface area contributed by atoms with Gasteiger partial charge in [0.15, 0.2) is 12.4 Å². The summed E-state index contributed by atoms with van der Waals surface area (Å²) in [7, 11) is 0. The van der Waals surface area contributed by atoms with Crippen molar-refractivity contribution in [2.24, 2.45) is 0 Å². The van der Waals surface area contributed by atoms with Crippen molar-refractivity contribution >= 4 is 22.8 Å². The second-order valence-electron chi connectivity index (χ2n) is 5.85. The van der Waals surface area contributed by atoms with Crippen LogP contribution in [0.25, 0.3) is 11.0 Å². The predicted octanol–water partition coefficient (Wildman–Crippen LogP) is 2.76. The maximum atomic E-state index is 12.6. The summed E-state index contributed by atoms with van der Waals surface area (Å²) in [5.74, 6) is -1.14. The minimum atomic E-state index is -0.816. The first-order valence-electron chi connectivity index (χ1n) is 8.27. The molecule has 3 aromatic rings. The summed E-state index contributed by atoms with van der Waals surface area (Å²) in [5.41, 5.74) is 1.20. The van der Waals surface area contributed by atoms with E-state index in [2.05, 4.69) is 4.98 Å². The van der Waals surface area contributed by atoms with E-state index in [1.54, 1.807) is 47.0 Å². The van der Waals surface area contributed by atoms with Crippen molar-refractivity contribution in [2.75, 3.05) is 6.61 Å². The number of carbonyl (C=O) groups excluding carboxylic acids is 2. The number of ketones is 1. The molecule has 0 bridgehead atoms. The molecular weight excluding hydrogens is 332 g/mol. The van der Waals surface area contributed by atoms with E-state index in [0.717, 1.165) is 5.69 Å². The fraction of sp³-hybridized carbons (Fsp3) is 0.200. The lowest BCUT2D eigenvalue weighted by atomic mass is 10.1.